The first kappa shape index (κ1) is 18.5. The molecule has 2 heteroatoms. The smallest absolute Gasteiger partial charge is 0.0681 e. The third-order valence-electron chi connectivity index (χ3n) is 6.23. The first-order chi connectivity index (χ1) is 15.3. The Kier molecular flexibility index (Phi) is 4.29. The van der Waals surface area contributed by atoms with Crippen LogP contribution >= 0.6 is 11.8 Å². The van der Waals surface area contributed by atoms with Gasteiger partial charge in [-0.2, -0.15) is 0 Å². The summed E-state index contributed by atoms with van der Waals surface area (Å²) in [5, 5.41) is 2.65. The summed E-state index contributed by atoms with van der Waals surface area (Å²) < 4.78 is 2.45. The van der Waals surface area contributed by atoms with Crippen LogP contribution in [-0.4, -0.2) is 4.57 Å². The lowest BCUT2D eigenvalue weighted by Gasteiger charge is -2.19. The van der Waals surface area contributed by atoms with Crippen molar-refractivity contribution >= 4 is 39.1 Å². The lowest BCUT2D eigenvalue weighted by molar-refractivity contribution is 1.09. The molecular weight excluding hydrogens is 394 g/mol. The summed E-state index contributed by atoms with van der Waals surface area (Å²) in [5.41, 5.74) is 9.13. The van der Waals surface area contributed by atoms with E-state index in [1.807, 2.05) is 11.8 Å². The van der Waals surface area contributed by atoms with Gasteiger partial charge < -0.3 is 4.57 Å². The molecule has 6 rings (SSSR count). The largest absolute Gasteiger partial charge is 0.307 e. The van der Waals surface area contributed by atoms with E-state index < -0.39 is 0 Å². The SMILES string of the molecule is CC/C=C(/c1ccc2c(c1)c1cccc3c1n2-c1ccccc1S3)c1ccccc1C. The van der Waals surface area contributed by atoms with Gasteiger partial charge in [0.1, 0.15) is 0 Å². The number of aromatic nitrogens is 1. The van der Waals surface area contributed by atoms with Crippen molar-refractivity contribution in [3.05, 3.63) is 108 Å². The Hall–Kier alpha value is -3.23. The third kappa shape index (κ3) is 2.79. The first-order valence-corrected chi connectivity index (χ1v) is 11.7. The van der Waals surface area contributed by atoms with Crippen molar-refractivity contribution in [3.8, 4) is 5.69 Å². The highest BCUT2D eigenvalue weighted by Gasteiger charge is 2.22. The van der Waals surface area contributed by atoms with E-state index in [9.17, 15) is 0 Å². The quantitative estimate of drug-likeness (QED) is 0.280. The number of rotatable bonds is 3. The van der Waals surface area contributed by atoms with Gasteiger partial charge in [-0.3, -0.25) is 0 Å². The minimum atomic E-state index is 1.01. The zero-order valence-electron chi connectivity index (χ0n) is 17.7. The molecule has 0 atom stereocenters. The molecule has 1 nitrogen and oxygen atoms in total. The van der Waals surface area contributed by atoms with Crippen LogP contribution in [0.4, 0.5) is 0 Å². The summed E-state index contributed by atoms with van der Waals surface area (Å²) in [4.78, 5) is 2.65. The van der Waals surface area contributed by atoms with E-state index in [2.05, 4.69) is 109 Å². The Bertz CT molecular complexity index is 1500. The van der Waals surface area contributed by atoms with Gasteiger partial charge in [0.25, 0.3) is 0 Å². The molecular formula is C29H23NS. The number of fused-ring (bicyclic) bond motifs is 5. The Morgan fingerprint density at radius 3 is 2.52 bits per heavy atom. The Balaban J connectivity index is 1.66. The van der Waals surface area contributed by atoms with Crippen LogP contribution in [0.3, 0.4) is 0 Å². The molecule has 1 aliphatic heterocycles. The van der Waals surface area contributed by atoms with Crippen molar-refractivity contribution in [2.75, 3.05) is 0 Å². The molecule has 0 unspecified atom stereocenters. The third-order valence-corrected chi connectivity index (χ3v) is 7.35. The van der Waals surface area contributed by atoms with E-state index in [0.29, 0.717) is 0 Å². The average molecular weight is 418 g/mol. The van der Waals surface area contributed by atoms with E-state index >= 15 is 0 Å². The van der Waals surface area contributed by atoms with E-state index in [1.165, 1.54) is 59.5 Å². The fourth-order valence-electron chi connectivity index (χ4n) is 4.85. The van der Waals surface area contributed by atoms with E-state index in [1.54, 1.807) is 0 Å². The molecule has 0 amide bonds. The van der Waals surface area contributed by atoms with Gasteiger partial charge >= 0.3 is 0 Å². The second kappa shape index (κ2) is 7.18. The highest BCUT2D eigenvalue weighted by molar-refractivity contribution is 7.99. The molecule has 2 heterocycles. The molecule has 0 saturated carbocycles. The molecule has 0 aliphatic carbocycles. The summed E-state index contributed by atoms with van der Waals surface area (Å²) in [6.45, 7) is 4.41. The molecule has 0 N–H and O–H groups in total. The molecule has 31 heavy (non-hydrogen) atoms. The van der Waals surface area contributed by atoms with Gasteiger partial charge in [-0.15, -0.1) is 0 Å². The molecule has 0 spiro atoms. The van der Waals surface area contributed by atoms with Crippen LogP contribution in [0.25, 0.3) is 33.1 Å². The van der Waals surface area contributed by atoms with Crippen molar-refractivity contribution in [3.63, 3.8) is 0 Å². The summed E-state index contributed by atoms with van der Waals surface area (Å²) in [6.07, 6.45) is 3.37. The molecule has 4 aromatic carbocycles. The summed E-state index contributed by atoms with van der Waals surface area (Å²) in [5.74, 6) is 0. The normalized spacial score (nSPS) is 13.0. The summed E-state index contributed by atoms with van der Waals surface area (Å²) >= 11 is 1.88. The van der Waals surface area contributed by atoms with Crippen LogP contribution in [0.2, 0.25) is 0 Å². The summed E-state index contributed by atoms with van der Waals surface area (Å²) in [7, 11) is 0. The first-order valence-electron chi connectivity index (χ1n) is 10.9. The van der Waals surface area contributed by atoms with Crippen molar-refractivity contribution in [2.45, 2.75) is 30.1 Å². The van der Waals surface area contributed by atoms with Crippen molar-refractivity contribution in [1.29, 1.82) is 0 Å². The maximum Gasteiger partial charge on any atom is 0.0681 e. The van der Waals surface area contributed by atoms with Crippen molar-refractivity contribution in [1.82, 2.24) is 4.57 Å². The standard InChI is InChI=1S/C29H23NS/c1-3-9-22(21-11-5-4-10-19(21)2)20-16-17-25-24(18-20)23-12-8-15-28-29(23)30(25)26-13-6-7-14-27(26)31-28/h4-18H,3H2,1-2H3/b22-9-. The fraction of sp³-hybridized carbons (Fsp3) is 0.103. The van der Waals surface area contributed by atoms with Crippen LogP contribution < -0.4 is 0 Å². The fourth-order valence-corrected chi connectivity index (χ4v) is 5.94. The minimum absolute atomic E-state index is 1.01. The van der Waals surface area contributed by atoms with Gasteiger partial charge in [-0.1, -0.05) is 79.4 Å². The highest BCUT2D eigenvalue weighted by Crippen LogP contribution is 2.46. The predicted molar refractivity (Wildman–Crippen MR) is 133 cm³/mol. The highest BCUT2D eigenvalue weighted by atomic mass is 32.2. The second-order valence-corrected chi connectivity index (χ2v) is 9.21. The van der Waals surface area contributed by atoms with Gasteiger partial charge in [-0.25, -0.2) is 0 Å². The van der Waals surface area contributed by atoms with Gasteiger partial charge in [0.2, 0.25) is 0 Å². The monoisotopic (exact) mass is 417 g/mol. The Morgan fingerprint density at radius 1 is 0.839 bits per heavy atom. The van der Waals surface area contributed by atoms with Crippen LogP contribution in [0, 0.1) is 6.92 Å². The Labute approximate surface area is 187 Å². The zero-order chi connectivity index (χ0) is 20.9. The number of hydrogen-bond donors (Lipinski definition) is 0. The maximum absolute atomic E-state index is 2.45. The number of benzene rings is 4. The van der Waals surface area contributed by atoms with Gasteiger partial charge in [0.05, 0.1) is 16.7 Å². The van der Waals surface area contributed by atoms with E-state index in [0.717, 1.165) is 6.42 Å². The molecule has 1 aliphatic rings. The van der Waals surface area contributed by atoms with Gasteiger partial charge in [0.15, 0.2) is 0 Å². The van der Waals surface area contributed by atoms with E-state index in [-0.39, 0.29) is 0 Å². The number of nitrogens with zero attached hydrogens (tertiary/aromatic N) is 1. The van der Waals surface area contributed by atoms with Crippen LogP contribution in [0.1, 0.15) is 30.0 Å². The molecule has 0 saturated heterocycles. The van der Waals surface area contributed by atoms with Crippen LogP contribution in [0.5, 0.6) is 0 Å². The molecule has 0 bridgehead atoms. The summed E-state index contributed by atoms with van der Waals surface area (Å²) in [6, 6.07) is 31.1. The maximum atomic E-state index is 2.45. The number of allylic oxidation sites excluding steroid dienone is 1. The molecule has 0 fully saturated rings. The van der Waals surface area contributed by atoms with E-state index in [4.69, 9.17) is 0 Å². The topological polar surface area (TPSA) is 4.93 Å². The molecule has 1 aromatic heterocycles. The molecule has 0 radical (unpaired) electrons. The lowest BCUT2D eigenvalue weighted by Crippen LogP contribution is -2.01. The van der Waals surface area contributed by atoms with Crippen molar-refractivity contribution in [2.24, 2.45) is 0 Å². The zero-order valence-corrected chi connectivity index (χ0v) is 18.5. The Morgan fingerprint density at radius 2 is 1.65 bits per heavy atom. The minimum Gasteiger partial charge on any atom is -0.307 e. The van der Waals surface area contributed by atoms with Crippen LogP contribution in [0.15, 0.2) is 101 Å². The molecule has 5 aromatic rings. The average Bonchev–Trinajstić information content (AvgIpc) is 3.14. The lowest BCUT2D eigenvalue weighted by atomic mass is 9.92. The predicted octanol–water partition coefficient (Wildman–Crippen LogP) is 8.40. The van der Waals surface area contributed by atoms with Crippen LogP contribution in [-0.2, 0) is 0 Å². The van der Waals surface area contributed by atoms with Gasteiger partial charge in [-0.05, 0) is 65.9 Å². The number of para-hydroxylation sites is 2. The van der Waals surface area contributed by atoms with Gasteiger partial charge in [0, 0.05) is 20.6 Å². The number of hydrogen-bond acceptors (Lipinski definition) is 1. The number of aryl methyl sites for hydroxylation is 1. The van der Waals surface area contributed by atoms with Crippen molar-refractivity contribution < 1.29 is 0 Å². The molecule has 150 valence electrons. The second-order valence-electron chi connectivity index (χ2n) is 8.13.